The summed E-state index contributed by atoms with van der Waals surface area (Å²) < 4.78 is 12.2. The molecule has 5 aromatic rings. The van der Waals surface area contributed by atoms with Gasteiger partial charge in [-0.1, -0.05) is 172 Å². The topological polar surface area (TPSA) is 188 Å². The molecule has 0 radical (unpaired) electrons. The van der Waals surface area contributed by atoms with Crippen LogP contribution in [-0.2, 0) is 27.1 Å². The van der Waals surface area contributed by atoms with Crippen molar-refractivity contribution in [3.05, 3.63) is 179 Å². The van der Waals surface area contributed by atoms with Gasteiger partial charge in [-0.3, -0.25) is 14.4 Å². The first-order valence-electron chi connectivity index (χ1n) is 21.8. The Kier molecular flexibility index (Phi) is 13.6. The van der Waals surface area contributed by atoms with Crippen molar-refractivity contribution in [1.82, 2.24) is 0 Å². The molecule has 2 aliphatic carbocycles. The highest BCUT2D eigenvalue weighted by atomic mass is 16.6. The van der Waals surface area contributed by atoms with E-state index >= 15 is 0 Å². The van der Waals surface area contributed by atoms with E-state index in [1.807, 2.05) is 36.4 Å². The van der Waals surface area contributed by atoms with Crippen LogP contribution in [0, 0.1) is 23.2 Å². The van der Waals surface area contributed by atoms with Crippen molar-refractivity contribution in [2.24, 2.45) is 23.2 Å². The maximum Gasteiger partial charge on any atom is 0.332 e. The summed E-state index contributed by atoms with van der Waals surface area (Å²) in [4.78, 5) is 58.1. The minimum absolute atomic E-state index is 0.0998. The number of hydrogen-bond acceptors (Lipinski definition) is 11. The Balaban J connectivity index is 1.25. The highest BCUT2D eigenvalue weighted by Gasteiger charge is 2.82. The molecule has 0 aromatic heterocycles. The van der Waals surface area contributed by atoms with Crippen molar-refractivity contribution in [2.45, 2.75) is 87.7 Å². The largest absolute Gasteiger partial charge is 0.455 e. The Hall–Kier alpha value is -5.66. The minimum atomic E-state index is -4.00. The normalized spacial score (nSPS) is 30.3. The van der Waals surface area contributed by atoms with E-state index in [1.165, 1.54) is 84.4 Å². The van der Waals surface area contributed by atoms with E-state index in [9.17, 15) is 44.7 Å². The third-order valence-electron chi connectivity index (χ3n) is 14.2. The first-order chi connectivity index (χ1) is 30.6. The summed E-state index contributed by atoms with van der Waals surface area (Å²) in [6, 6.07) is 40.7. The third-order valence-corrected chi connectivity index (χ3v) is 14.2. The van der Waals surface area contributed by atoms with Crippen molar-refractivity contribution >= 4 is 23.3 Å². The standard InChI is InChI=1S/C53H56O11/c1-34(2)50(3)40(31-35-19-9-4-10-20-35)29-30-42(41(50)32-36-21-11-5-12-22-36)63-33-43(54)64-44-48(58)51(60,45(55)37-23-13-6-14-24-37)53(62,47(57)39-27-17-8-18-28-39)52(61,49(44)59)46(56)38-25-15-7-16-26-38/h4-28,34,40-42,44,48-49,58-62H,29-33H2,1-3H3/t40?,41?,42?,44?,48-,49-,50?,51-,52+,53?/m1/s1. The van der Waals surface area contributed by atoms with Crippen molar-refractivity contribution in [3.8, 4) is 0 Å². The summed E-state index contributed by atoms with van der Waals surface area (Å²) in [5.74, 6) is -5.39. The van der Waals surface area contributed by atoms with Gasteiger partial charge >= 0.3 is 5.97 Å². The predicted molar refractivity (Wildman–Crippen MR) is 238 cm³/mol. The Morgan fingerprint density at radius 3 is 1.39 bits per heavy atom. The Labute approximate surface area is 373 Å². The molecule has 0 amide bonds. The molecular weight excluding hydrogens is 813 g/mol. The van der Waals surface area contributed by atoms with Crippen molar-refractivity contribution in [1.29, 1.82) is 0 Å². The average molecular weight is 869 g/mol. The second-order valence-electron chi connectivity index (χ2n) is 17.8. The van der Waals surface area contributed by atoms with E-state index in [-0.39, 0.29) is 39.9 Å². The molecule has 2 fully saturated rings. The van der Waals surface area contributed by atoms with Crippen LogP contribution < -0.4 is 0 Å². The van der Waals surface area contributed by atoms with Gasteiger partial charge in [0.1, 0.15) is 18.8 Å². The summed E-state index contributed by atoms with van der Waals surface area (Å²) in [6.45, 7) is 5.93. The lowest BCUT2D eigenvalue weighted by atomic mass is 9.53. The number of carbonyl (C=O) groups is 4. The van der Waals surface area contributed by atoms with Gasteiger partial charge in [0.2, 0.25) is 23.0 Å². The zero-order valence-corrected chi connectivity index (χ0v) is 36.2. The zero-order valence-electron chi connectivity index (χ0n) is 36.2. The molecule has 5 N–H and O–H groups in total. The second kappa shape index (κ2) is 18.8. The lowest BCUT2D eigenvalue weighted by Gasteiger charge is -2.58. The van der Waals surface area contributed by atoms with Gasteiger partial charge < -0.3 is 35.0 Å². The van der Waals surface area contributed by atoms with Crippen LogP contribution in [0.15, 0.2) is 152 Å². The fourth-order valence-corrected chi connectivity index (χ4v) is 10.3. The van der Waals surface area contributed by atoms with Crippen LogP contribution in [0.5, 0.6) is 0 Å². The molecule has 0 saturated heterocycles. The van der Waals surface area contributed by atoms with E-state index in [2.05, 4.69) is 45.0 Å². The van der Waals surface area contributed by atoms with Crippen molar-refractivity contribution < 1.29 is 54.2 Å². The van der Waals surface area contributed by atoms with Gasteiger partial charge in [-0.25, -0.2) is 4.79 Å². The molecule has 0 heterocycles. The molecule has 6 unspecified atom stereocenters. The SMILES string of the molecule is CC(C)C1(C)C(Cc2ccccc2)CCC(OCC(=O)OC2[C@@H](O)[C@](O)(C(=O)c3ccccc3)C(O)(C(=O)c3ccccc3)[C@](O)(C(=O)c3ccccc3)[C@@H]2O)C1Cc1ccccc1. The van der Waals surface area contributed by atoms with E-state index < -0.39 is 71.1 Å². The number of rotatable bonds is 15. The van der Waals surface area contributed by atoms with E-state index in [0.717, 1.165) is 18.4 Å². The maximum atomic E-state index is 14.7. The number of aliphatic hydroxyl groups is 5. The monoisotopic (exact) mass is 868 g/mol. The van der Waals surface area contributed by atoms with Crippen LogP contribution in [0.4, 0.5) is 0 Å². The van der Waals surface area contributed by atoms with Gasteiger partial charge in [0.15, 0.2) is 17.3 Å². The van der Waals surface area contributed by atoms with Crippen LogP contribution >= 0.6 is 0 Å². The number of aliphatic hydroxyl groups excluding tert-OH is 2. The molecule has 0 bridgehead atoms. The first kappa shape index (κ1) is 46.3. The maximum absolute atomic E-state index is 14.7. The van der Waals surface area contributed by atoms with Crippen molar-refractivity contribution in [2.75, 3.05) is 6.61 Å². The minimum Gasteiger partial charge on any atom is -0.455 e. The fraction of sp³-hybridized carbons (Fsp3) is 0.358. The molecule has 2 aliphatic rings. The number of ether oxygens (including phenoxy) is 2. The smallest absolute Gasteiger partial charge is 0.332 e. The molecule has 0 aliphatic heterocycles. The van der Waals surface area contributed by atoms with Gasteiger partial charge in [-0.15, -0.1) is 0 Å². The molecule has 5 aromatic carbocycles. The molecule has 10 atom stereocenters. The van der Waals surface area contributed by atoms with Crippen LogP contribution in [-0.4, -0.2) is 96.7 Å². The highest BCUT2D eigenvalue weighted by Crippen LogP contribution is 2.54. The van der Waals surface area contributed by atoms with Gasteiger partial charge in [-0.2, -0.15) is 0 Å². The number of carbonyl (C=O) groups excluding carboxylic acids is 4. The summed E-state index contributed by atoms with van der Waals surface area (Å²) in [5, 5.41) is 62.7. The Bertz CT molecular complexity index is 2320. The molecule has 2 saturated carbocycles. The third kappa shape index (κ3) is 8.06. The van der Waals surface area contributed by atoms with E-state index in [0.29, 0.717) is 12.8 Å². The molecule has 11 nitrogen and oxygen atoms in total. The summed E-state index contributed by atoms with van der Waals surface area (Å²) in [6.07, 6.45) is -5.70. The molecule has 64 heavy (non-hydrogen) atoms. The van der Waals surface area contributed by atoms with Crippen LogP contribution in [0.3, 0.4) is 0 Å². The summed E-state index contributed by atoms with van der Waals surface area (Å²) in [7, 11) is 0. The fourth-order valence-electron chi connectivity index (χ4n) is 10.3. The number of Topliss-reactive ketones (excluding diaryl/α,β-unsaturated/α-hetero) is 3. The van der Waals surface area contributed by atoms with Gasteiger partial charge in [0.05, 0.1) is 6.10 Å². The predicted octanol–water partition coefficient (Wildman–Crippen LogP) is 6.03. The van der Waals surface area contributed by atoms with E-state index in [1.54, 1.807) is 12.1 Å². The molecular formula is C53H56O11. The lowest BCUT2D eigenvalue weighted by Crippen LogP contribution is -2.89. The molecule has 0 spiro atoms. The first-order valence-corrected chi connectivity index (χ1v) is 21.8. The van der Waals surface area contributed by atoms with E-state index in [4.69, 9.17) is 9.47 Å². The summed E-state index contributed by atoms with van der Waals surface area (Å²) in [5.41, 5.74) is -10.7. The van der Waals surface area contributed by atoms with Gasteiger partial charge in [0.25, 0.3) is 0 Å². The quantitative estimate of drug-likeness (QED) is 0.0611. The average Bonchev–Trinajstić information content (AvgIpc) is 3.33. The van der Waals surface area contributed by atoms with Gasteiger partial charge in [-0.05, 0) is 60.0 Å². The number of benzene rings is 5. The highest BCUT2D eigenvalue weighted by molar-refractivity contribution is 6.18. The van der Waals surface area contributed by atoms with Crippen LogP contribution in [0.2, 0.25) is 0 Å². The van der Waals surface area contributed by atoms with Gasteiger partial charge in [0, 0.05) is 16.7 Å². The second-order valence-corrected chi connectivity index (χ2v) is 17.8. The summed E-state index contributed by atoms with van der Waals surface area (Å²) >= 11 is 0. The molecule has 11 heteroatoms. The zero-order chi connectivity index (χ0) is 45.9. The molecule has 7 rings (SSSR count). The van der Waals surface area contributed by atoms with Crippen molar-refractivity contribution in [3.63, 3.8) is 0 Å². The van der Waals surface area contributed by atoms with Crippen LogP contribution in [0.1, 0.15) is 75.8 Å². The Morgan fingerprint density at radius 1 is 0.578 bits per heavy atom. The Morgan fingerprint density at radius 2 is 0.969 bits per heavy atom. The number of hydrogen-bond donors (Lipinski definition) is 5. The number of esters is 1. The molecule has 334 valence electrons. The van der Waals surface area contributed by atoms with Crippen LogP contribution in [0.25, 0.3) is 0 Å². The lowest BCUT2D eigenvalue weighted by molar-refractivity contribution is -0.300. The number of ketones is 3.